The van der Waals surface area contributed by atoms with E-state index in [1.54, 1.807) is 0 Å². The largest absolute Gasteiger partial charge is 0.381 e. The van der Waals surface area contributed by atoms with Crippen molar-refractivity contribution in [2.75, 3.05) is 13.2 Å². The Hall–Kier alpha value is -1.10. The van der Waals surface area contributed by atoms with Crippen LogP contribution in [0.1, 0.15) is 42.0 Å². The van der Waals surface area contributed by atoms with E-state index in [2.05, 4.69) is 30.4 Å². The molecule has 0 spiro atoms. The Morgan fingerprint density at radius 1 is 1.32 bits per heavy atom. The molecule has 22 heavy (non-hydrogen) atoms. The van der Waals surface area contributed by atoms with Crippen molar-refractivity contribution in [2.24, 2.45) is 11.7 Å². The van der Waals surface area contributed by atoms with Crippen molar-refractivity contribution in [2.45, 2.75) is 44.7 Å². The Bertz CT molecular complexity index is 529. The highest BCUT2D eigenvalue weighted by Crippen LogP contribution is 2.32. The monoisotopic (exact) mass is 324 g/mol. The molecule has 1 aliphatic heterocycles. The molecule has 0 radical (unpaired) electrons. The van der Waals surface area contributed by atoms with Crippen molar-refractivity contribution in [3.8, 4) is 0 Å². The van der Waals surface area contributed by atoms with E-state index in [4.69, 9.17) is 10.5 Å². The number of carbonyl (C=O) groups is 1. The number of fused-ring (bicyclic) bond motifs is 1. The Morgan fingerprint density at radius 2 is 2.05 bits per heavy atom. The van der Waals surface area contributed by atoms with Crippen LogP contribution >= 0.6 is 12.4 Å². The Labute approximate surface area is 138 Å². The van der Waals surface area contributed by atoms with Crippen LogP contribution in [0, 0.1) is 12.8 Å². The van der Waals surface area contributed by atoms with Crippen molar-refractivity contribution in [3.63, 3.8) is 0 Å². The maximum Gasteiger partial charge on any atom is 0.237 e. The van der Waals surface area contributed by atoms with Gasteiger partial charge in [0.05, 0.1) is 12.1 Å². The van der Waals surface area contributed by atoms with Crippen LogP contribution in [-0.4, -0.2) is 25.2 Å². The zero-order valence-electron chi connectivity index (χ0n) is 13.0. The molecule has 3 N–H and O–H groups in total. The number of halogens is 1. The maximum atomic E-state index is 12.4. The summed E-state index contributed by atoms with van der Waals surface area (Å²) in [4.78, 5) is 12.4. The van der Waals surface area contributed by atoms with Gasteiger partial charge in [-0.1, -0.05) is 23.8 Å². The second-order valence-corrected chi connectivity index (χ2v) is 6.28. The van der Waals surface area contributed by atoms with Crippen LogP contribution in [0.25, 0.3) is 0 Å². The van der Waals surface area contributed by atoms with Crippen molar-refractivity contribution in [1.29, 1.82) is 0 Å². The smallest absolute Gasteiger partial charge is 0.237 e. The first-order chi connectivity index (χ1) is 10.1. The van der Waals surface area contributed by atoms with Crippen LogP contribution < -0.4 is 11.1 Å². The third kappa shape index (κ3) is 3.62. The van der Waals surface area contributed by atoms with Gasteiger partial charge in [-0.2, -0.15) is 0 Å². The molecule has 0 saturated carbocycles. The molecule has 0 aromatic heterocycles. The topological polar surface area (TPSA) is 64.4 Å². The molecular weight excluding hydrogens is 300 g/mol. The highest BCUT2D eigenvalue weighted by atomic mass is 35.5. The van der Waals surface area contributed by atoms with Gasteiger partial charge in [-0.3, -0.25) is 4.79 Å². The van der Waals surface area contributed by atoms with E-state index < -0.39 is 6.04 Å². The summed E-state index contributed by atoms with van der Waals surface area (Å²) in [5.41, 5.74) is 10.0. The fourth-order valence-corrected chi connectivity index (χ4v) is 3.45. The van der Waals surface area contributed by atoms with E-state index in [9.17, 15) is 4.79 Å². The molecule has 3 rings (SSSR count). The van der Waals surface area contributed by atoms with Crippen molar-refractivity contribution >= 4 is 18.3 Å². The molecule has 2 atom stereocenters. The van der Waals surface area contributed by atoms with Crippen LogP contribution in [0.4, 0.5) is 0 Å². The minimum absolute atomic E-state index is 0. The van der Waals surface area contributed by atoms with Crippen LogP contribution in [0.3, 0.4) is 0 Å². The number of hydrogen-bond acceptors (Lipinski definition) is 3. The van der Waals surface area contributed by atoms with Gasteiger partial charge in [0.1, 0.15) is 0 Å². The first-order valence-corrected chi connectivity index (χ1v) is 7.88. The molecular formula is C17H25ClN2O2. The van der Waals surface area contributed by atoms with Gasteiger partial charge in [0.2, 0.25) is 5.91 Å². The second-order valence-electron chi connectivity index (χ2n) is 6.28. The summed E-state index contributed by atoms with van der Waals surface area (Å²) < 4.78 is 5.33. The lowest BCUT2D eigenvalue weighted by atomic mass is 9.91. The number of carbonyl (C=O) groups excluding carboxylic acids is 1. The number of amides is 1. The zero-order valence-corrected chi connectivity index (χ0v) is 13.8. The lowest BCUT2D eigenvalue weighted by molar-refractivity contribution is -0.125. The Kier molecular flexibility index (Phi) is 5.84. The van der Waals surface area contributed by atoms with Gasteiger partial charge < -0.3 is 15.8 Å². The van der Waals surface area contributed by atoms with E-state index in [0.29, 0.717) is 0 Å². The van der Waals surface area contributed by atoms with Gasteiger partial charge in [0.25, 0.3) is 0 Å². The summed E-state index contributed by atoms with van der Waals surface area (Å²) in [5, 5.41) is 3.15. The number of nitrogens with two attached hydrogens (primary N) is 1. The van der Waals surface area contributed by atoms with Gasteiger partial charge in [0, 0.05) is 13.2 Å². The minimum Gasteiger partial charge on any atom is -0.381 e. The lowest BCUT2D eigenvalue weighted by Gasteiger charge is -2.28. The summed E-state index contributed by atoms with van der Waals surface area (Å²) >= 11 is 0. The Balaban J connectivity index is 0.00000176. The van der Waals surface area contributed by atoms with Crippen molar-refractivity contribution in [1.82, 2.24) is 5.32 Å². The number of ether oxygens (including phenoxy) is 1. The van der Waals surface area contributed by atoms with Crippen LogP contribution in [-0.2, 0) is 16.0 Å². The molecule has 1 amide bonds. The zero-order chi connectivity index (χ0) is 14.8. The van der Waals surface area contributed by atoms with Crippen LogP contribution in [0.15, 0.2) is 18.2 Å². The van der Waals surface area contributed by atoms with Gasteiger partial charge in [-0.15, -0.1) is 12.4 Å². The summed E-state index contributed by atoms with van der Waals surface area (Å²) in [6, 6.07) is 6.19. The van der Waals surface area contributed by atoms with E-state index >= 15 is 0 Å². The number of benzene rings is 1. The number of rotatable bonds is 3. The predicted molar refractivity (Wildman–Crippen MR) is 89.2 cm³/mol. The van der Waals surface area contributed by atoms with E-state index in [1.807, 2.05) is 0 Å². The first-order valence-electron chi connectivity index (χ1n) is 7.88. The number of hydrogen-bond donors (Lipinski definition) is 2. The standard InChI is InChI=1S/C17H24N2O2.ClH/c1-11-2-4-14-13(10-11)3-5-15(14)19-17(20)16(18)12-6-8-21-9-7-12;/h2,4,10,12,15-16H,3,5-9,18H2,1H3,(H,19,20);1H. The molecule has 2 unspecified atom stereocenters. The summed E-state index contributed by atoms with van der Waals surface area (Å²) in [5.74, 6) is 0.234. The quantitative estimate of drug-likeness (QED) is 0.896. The maximum absolute atomic E-state index is 12.4. The molecule has 122 valence electrons. The molecule has 0 bridgehead atoms. The highest BCUT2D eigenvalue weighted by molar-refractivity contribution is 5.85. The van der Waals surface area contributed by atoms with Gasteiger partial charge >= 0.3 is 0 Å². The van der Waals surface area contributed by atoms with Crippen LogP contribution in [0.5, 0.6) is 0 Å². The second kappa shape index (κ2) is 7.44. The fourth-order valence-electron chi connectivity index (χ4n) is 3.45. The minimum atomic E-state index is -0.414. The molecule has 1 saturated heterocycles. The fraction of sp³-hybridized carbons (Fsp3) is 0.588. The number of nitrogens with one attached hydrogen (secondary N) is 1. The lowest BCUT2D eigenvalue weighted by Crippen LogP contribution is -2.47. The average molecular weight is 325 g/mol. The summed E-state index contributed by atoms with van der Waals surface area (Å²) in [7, 11) is 0. The van der Waals surface area contributed by atoms with Gasteiger partial charge in [-0.05, 0) is 49.7 Å². The van der Waals surface area contributed by atoms with E-state index in [-0.39, 0.29) is 30.3 Å². The first kappa shape index (κ1) is 17.3. The van der Waals surface area contributed by atoms with Gasteiger partial charge in [-0.25, -0.2) is 0 Å². The molecule has 1 aromatic carbocycles. The highest BCUT2D eigenvalue weighted by Gasteiger charge is 2.30. The molecule has 1 aromatic rings. The van der Waals surface area contributed by atoms with Crippen molar-refractivity contribution < 1.29 is 9.53 Å². The average Bonchev–Trinajstić information content (AvgIpc) is 2.89. The Morgan fingerprint density at radius 3 is 2.77 bits per heavy atom. The predicted octanol–water partition coefficient (Wildman–Crippen LogP) is 2.27. The third-order valence-corrected chi connectivity index (χ3v) is 4.77. The summed E-state index contributed by atoms with van der Waals surface area (Å²) in [6.45, 7) is 3.54. The third-order valence-electron chi connectivity index (χ3n) is 4.77. The molecule has 1 heterocycles. The molecule has 1 aliphatic carbocycles. The van der Waals surface area contributed by atoms with E-state index in [0.717, 1.165) is 38.9 Å². The molecule has 2 aliphatic rings. The number of aryl methyl sites for hydroxylation is 2. The normalized spacial score (nSPS) is 22.5. The van der Waals surface area contributed by atoms with Crippen LogP contribution in [0.2, 0.25) is 0 Å². The molecule has 1 fully saturated rings. The molecule has 5 heteroatoms. The summed E-state index contributed by atoms with van der Waals surface area (Å²) in [6.07, 6.45) is 3.78. The molecule has 4 nitrogen and oxygen atoms in total. The van der Waals surface area contributed by atoms with Crippen molar-refractivity contribution in [3.05, 3.63) is 34.9 Å². The SMILES string of the molecule is Cc1ccc2c(c1)CCC2NC(=O)C(N)C1CCOCC1.Cl. The van der Waals surface area contributed by atoms with E-state index in [1.165, 1.54) is 16.7 Å². The van der Waals surface area contributed by atoms with Gasteiger partial charge in [0.15, 0.2) is 0 Å².